The number of aliphatic hydroxyl groups excluding tert-OH is 2. The van der Waals surface area contributed by atoms with Gasteiger partial charge in [0.1, 0.15) is 0 Å². The van der Waals surface area contributed by atoms with Crippen molar-refractivity contribution >= 4 is 5.91 Å². The van der Waals surface area contributed by atoms with Gasteiger partial charge in [0.05, 0.1) is 18.2 Å². The summed E-state index contributed by atoms with van der Waals surface area (Å²) in [6.45, 7) is 2.40. The Morgan fingerprint density at radius 1 is 1.42 bits per heavy atom. The van der Waals surface area contributed by atoms with Crippen molar-refractivity contribution in [3.05, 3.63) is 0 Å². The molecule has 0 unspecified atom stereocenters. The fraction of sp³-hybridized carbons (Fsp3) is 0.909. The van der Waals surface area contributed by atoms with E-state index in [-0.39, 0.29) is 13.1 Å². The minimum Gasteiger partial charge on any atom is -0.389 e. The van der Waals surface area contributed by atoms with Gasteiger partial charge in [-0.25, -0.2) is 0 Å². The van der Waals surface area contributed by atoms with Crippen LogP contribution in [0.5, 0.6) is 0 Å². The van der Waals surface area contributed by atoms with Gasteiger partial charge in [0, 0.05) is 13.1 Å². The van der Waals surface area contributed by atoms with Crippen molar-refractivity contribution in [1.29, 1.82) is 0 Å². The number of rotatable bonds is 5. The van der Waals surface area contributed by atoms with Gasteiger partial charge >= 0.3 is 12.1 Å². The van der Waals surface area contributed by atoms with Crippen LogP contribution in [-0.2, 0) is 4.79 Å². The van der Waals surface area contributed by atoms with Gasteiger partial charge in [0.2, 0.25) is 0 Å². The molecular formula is C11H19F3N2O3. The van der Waals surface area contributed by atoms with E-state index < -0.39 is 30.3 Å². The molecule has 19 heavy (non-hydrogen) atoms. The number of hydrogen-bond acceptors (Lipinski definition) is 4. The molecule has 1 fully saturated rings. The Hall–Kier alpha value is -0.860. The monoisotopic (exact) mass is 284 g/mol. The number of nitrogens with zero attached hydrogens (tertiary/aromatic N) is 1. The standard InChI is InChI=1S/C11H19F3N2O3/c1-2-3-4-16-6-8(17)9(18)7(16)5-15-10(19)11(12,13)14/h7-9,17-18H,2-6H2,1H3,(H,15,19)/t7-,8-,9+/m0/s1. The van der Waals surface area contributed by atoms with Gasteiger partial charge in [-0.1, -0.05) is 13.3 Å². The molecule has 0 aliphatic carbocycles. The lowest BCUT2D eigenvalue weighted by atomic mass is 10.1. The van der Waals surface area contributed by atoms with E-state index in [0.717, 1.165) is 12.8 Å². The Kier molecular flexibility index (Phi) is 5.57. The first-order valence-electron chi connectivity index (χ1n) is 6.22. The van der Waals surface area contributed by atoms with Crippen LogP contribution in [-0.4, -0.2) is 65.1 Å². The van der Waals surface area contributed by atoms with Crippen LogP contribution in [0, 0.1) is 0 Å². The minimum absolute atomic E-state index is 0.202. The topological polar surface area (TPSA) is 72.8 Å². The third kappa shape index (κ3) is 4.32. The second-order valence-electron chi connectivity index (χ2n) is 4.68. The summed E-state index contributed by atoms with van der Waals surface area (Å²) in [6, 6.07) is -0.687. The first-order chi connectivity index (χ1) is 8.77. The molecular weight excluding hydrogens is 265 g/mol. The largest absolute Gasteiger partial charge is 0.471 e. The fourth-order valence-corrected chi connectivity index (χ4v) is 2.12. The van der Waals surface area contributed by atoms with Crippen LogP contribution in [0.25, 0.3) is 0 Å². The molecule has 3 N–H and O–H groups in total. The van der Waals surface area contributed by atoms with Crippen molar-refractivity contribution in [3.63, 3.8) is 0 Å². The molecule has 3 atom stereocenters. The number of unbranched alkanes of at least 4 members (excludes halogenated alkanes) is 1. The number of aliphatic hydroxyl groups is 2. The molecule has 0 aromatic carbocycles. The van der Waals surface area contributed by atoms with Crippen LogP contribution >= 0.6 is 0 Å². The molecule has 1 saturated heterocycles. The molecule has 1 aliphatic rings. The van der Waals surface area contributed by atoms with Gasteiger partial charge < -0.3 is 15.5 Å². The van der Waals surface area contributed by atoms with Gasteiger partial charge in [-0.3, -0.25) is 9.69 Å². The summed E-state index contributed by atoms with van der Waals surface area (Å²) >= 11 is 0. The van der Waals surface area contributed by atoms with E-state index in [1.54, 1.807) is 10.2 Å². The van der Waals surface area contributed by atoms with Gasteiger partial charge in [-0.15, -0.1) is 0 Å². The summed E-state index contributed by atoms with van der Waals surface area (Å²) < 4.78 is 36.2. The molecule has 1 aliphatic heterocycles. The Labute approximate surface area is 109 Å². The van der Waals surface area contributed by atoms with Crippen molar-refractivity contribution in [3.8, 4) is 0 Å². The molecule has 0 aromatic heterocycles. The zero-order chi connectivity index (χ0) is 14.6. The van der Waals surface area contributed by atoms with Crippen LogP contribution < -0.4 is 5.32 Å². The zero-order valence-electron chi connectivity index (χ0n) is 10.7. The zero-order valence-corrected chi connectivity index (χ0v) is 10.7. The molecule has 112 valence electrons. The predicted octanol–water partition coefficient (Wildman–Crippen LogP) is -0.129. The van der Waals surface area contributed by atoms with Crippen LogP contribution in [0.2, 0.25) is 0 Å². The molecule has 1 heterocycles. The lowest BCUT2D eigenvalue weighted by Gasteiger charge is -2.26. The number of hydrogen-bond donors (Lipinski definition) is 3. The van der Waals surface area contributed by atoms with E-state index in [1.807, 2.05) is 6.92 Å². The highest BCUT2D eigenvalue weighted by atomic mass is 19.4. The number of likely N-dealkylation sites (tertiary alicyclic amines) is 1. The van der Waals surface area contributed by atoms with Crippen LogP contribution in [0.3, 0.4) is 0 Å². The quantitative estimate of drug-likeness (QED) is 0.657. The van der Waals surface area contributed by atoms with Gasteiger partial charge in [0.15, 0.2) is 0 Å². The molecule has 1 rings (SSSR count). The van der Waals surface area contributed by atoms with E-state index in [2.05, 4.69) is 0 Å². The molecule has 0 bridgehead atoms. The summed E-state index contributed by atoms with van der Waals surface area (Å²) in [7, 11) is 0. The lowest BCUT2D eigenvalue weighted by molar-refractivity contribution is -0.173. The summed E-state index contributed by atoms with van der Waals surface area (Å²) in [4.78, 5) is 12.4. The summed E-state index contributed by atoms with van der Waals surface area (Å²) in [5.74, 6) is -2.03. The highest BCUT2D eigenvalue weighted by Crippen LogP contribution is 2.20. The molecule has 5 nitrogen and oxygen atoms in total. The Bertz CT molecular complexity index is 312. The van der Waals surface area contributed by atoms with Crippen molar-refractivity contribution in [2.24, 2.45) is 0 Å². The Balaban J connectivity index is 2.55. The number of halogens is 3. The Morgan fingerprint density at radius 2 is 2.05 bits per heavy atom. The minimum atomic E-state index is -4.93. The number of carbonyl (C=O) groups excluding carboxylic acids is 1. The highest BCUT2D eigenvalue weighted by molar-refractivity contribution is 5.81. The van der Waals surface area contributed by atoms with E-state index in [1.165, 1.54) is 0 Å². The molecule has 0 saturated carbocycles. The number of alkyl halides is 3. The van der Waals surface area contributed by atoms with E-state index in [9.17, 15) is 28.2 Å². The van der Waals surface area contributed by atoms with Gasteiger partial charge in [-0.05, 0) is 13.0 Å². The van der Waals surface area contributed by atoms with E-state index in [4.69, 9.17) is 0 Å². The molecule has 0 aromatic rings. The number of nitrogens with one attached hydrogen (secondary N) is 1. The van der Waals surface area contributed by atoms with E-state index in [0.29, 0.717) is 6.54 Å². The molecule has 0 radical (unpaired) electrons. The second-order valence-corrected chi connectivity index (χ2v) is 4.68. The molecule has 1 amide bonds. The number of β-amino-alcohol motifs (C(OH)–C–C–N with tert-alkyl or cyclic N) is 1. The van der Waals surface area contributed by atoms with Crippen LogP contribution in [0.4, 0.5) is 13.2 Å². The smallest absolute Gasteiger partial charge is 0.389 e. The Morgan fingerprint density at radius 3 is 2.58 bits per heavy atom. The third-order valence-electron chi connectivity index (χ3n) is 3.21. The van der Waals surface area contributed by atoms with Crippen molar-refractivity contribution in [2.45, 2.75) is 44.2 Å². The van der Waals surface area contributed by atoms with Crippen molar-refractivity contribution in [1.82, 2.24) is 10.2 Å². The maximum atomic E-state index is 12.1. The normalized spacial score (nSPS) is 28.6. The second kappa shape index (κ2) is 6.53. The molecule has 8 heteroatoms. The van der Waals surface area contributed by atoms with Crippen LogP contribution in [0.1, 0.15) is 19.8 Å². The summed E-state index contributed by atoms with van der Waals surface area (Å²) in [5, 5.41) is 21.0. The highest BCUT2D eigenvalue weighted by Gasteiger charge is 2.42. The average Bonchev–Trinajstić information content (AvgIpc) is 2.58. The SMILES string of the molecule is CCCCN1C[C@H](O)[C@H](O)[C@@H]1CNC(=O)C(F)(F)F. The van der Waals surface area contributed by atoms with Crippen molar-refractivity contribution < 1.29 is 28.2 Å². The van der Waals surface area contributed by atoms with Crippen molar-refractivity contribution in [2.75, 3.05) is 19.6 Å². The average molecular weight is 284 g/mol. The predicted molar refractivity (Wildman–Crippen MR) is 61.3 cm³/mol. The number of amides is 1. The third-order valence-corrected chi connectivity index (χ3v) is 3.21. The first kappa shape index (κ1) is 16.2. The molecule has 0 spiro atoms. The van der Waals surface area contributed by atoms with Gasteiger partial charge in [0.25, 0.3) is 0 Å². The maximum absolute atomic E-state index is 12.1. The lowest BCUT2D eigenvalue weighted by Crippen LogP contribution is -2.48. The summed E-state index contributed by atoms with van der Waals surface area (Å²) in [5.41, 5.74) is 0. The first-order valence-corrected chi connectivity index (χ1v) is 6.22. The van der Waals surface area contributed by atoms with Gasteiger partial charge in [-0.2, -0.15) is 13.2 Å². The van der Waals surface area contributed by atoms with Crippen LogP contribution in [0.15, 0.2) is 0 Å². The maximum Gasteiger partial charge on any atom is 0.471 e. The number of carbonyl (C=O) groups is 1. The summed E-state index contributed by atoms with van der Waals surface area (Å²) in [6.07, 6.45) is -5.38. The fourth-order valence-electron chi connectivity index (χ4n) is 2.12. The van der Waals surface area contributed by atoms with E-state index >= 15 is 0 Å².